The van der Waals surface area contributed by atoms with Crippen LogP contribution in [0.4, 0.5) is 5.82 Å². The number of hydrogen-bond acceptors (Lipinski definition) is 4. The molecule has 100 valence electrons. The van der Waals surface area contributed by atoms with Gasteiger partial charge in [0, 0.05) is 18.9 Å². The first kappa shape index (κ1) is 12.4. The van der Waals surface area contributed by atoms with E-state index in [4.69, 9.17) is 11.6 Å². The number of halogens is 1. The highest BCUT2D eigenvalue weighted by Gasteiger charge is 2.28. The van der Waals surface area contributed by atoms with Crippen LogP contribution < -0.4 is 4.90 Å². The summed E-state index contributed by atoms with van der Waals surface area (Å²) in [5, 5.41) is 9.88. The number of rotatable bonds is 3. The van der Waals surface area contributed by atoms with E-state index < -0.39 is 0 Å². The zero-order valence-corrected chi connectivity index (χ0v) is 11.2. The predicted octanol–water partition coefficient (Wildman–Crippen LogP) is 1.88. The van der Waals surface area contributed by atoms with E-state index in [9.17, 15) is 5.11 Å². The highest BCUT2D eigenvalue weighted by atomic mass is 35.5. The Morgan fingerprint density at radius 2 is 2.11 bits per heavy atom. The fraction of sp³-hybridized carbons (Fsp3) is 0.385. The van der Waals surface area contributed by atoms with Gasteiger partial charge >= 0.3 is 0 Å². The van der Waals surface area contributed by atoms with Gasteiger partial charge < -0.3 is 14.6 Å². The lowest BCUT2D eigenvalue weighted by molar-refractivity contribution is 0.266. The van der Waals surface area contributed by atoms with E-state index in [-0.39, 0.29) is 12.6 Å². The standard InChI is InChI=1S/C13H15ClN4O/c14-12-11(17-5-1-2-6-17)13(16-9-15-12)18-7-3-4-10(18)8-19/h1-2,5-6,9-10,19H,3-4,7-8H2/t10-/m0/s1. The summed E-state index contributed by atoms with van der Waals surface area (Å²) in [6.45, 7) is 1.01. The van der Waals surface area contributed by atoms with Crippen LogP contribution >= 0.6 is 11.6 Å². The highest BCUT2D eigenvalue weighted by molar-refractivity contribution is 6.31. The third-order valence-corrected chi connectivity index (χ3v) is 3.76. The molecule has 19 heavy (non-hydrogen) atoms. The third-order valence-electron chi connectivity index (χ3n) is 3.48. The topological polar surface area (TPSA) is 54.2 Å². The Kier molecular flexibility index (Phi) is 3.40. The molecule has 0 unspecified atom stereocenters. The molecule has 0 spiro atoms. The lowest BCUT2D eigenvalue weighted by Crippen LogP contribution is -2.33. The van der Waals surface area contributed by atoms with Crippen LogP contribution in [-0.4, -0.2) is 38.8 Å². The number of aliphatic hydroxyl groups is 1. The molecule has 1 saturated heterocycles. The quantitative estimate of drug-likeness (QED) is 0.871. The Morgan fingerprint density at radius 1 is 1.32 bits per heavy atom. The molecule has 1 aliphatic heterocycles. The molecular weight excluding hydrogens is 264 g/mol. The van der Waals surface area contributed by atoms with Crippen LogP contribution in [-0.2, 0) is 0 Å². The van der Waals surface area contributed by atoms with Gasteiger partial charge in [0.15, 0.2) is 11.0 Å². The second-order valence-corrected chi connectivity index (χ2v) is 4.96. The molecule has 0 radical (unpaired) electrons. The van der Waals surface area contributed by atoms with Crippen molar-refractivity contribution < 1.29 is 5.11 Å². The minimum Gasteiger partial charge on any atom is -0.394 e. The molecule has 2 aromatic heterocycles. The maximum Gasteiger partial charge on any atom is 0.158 e. The van der Waals surface area contributed by atoms with Crippen molar-refractivity contribution in [3.05, 3.63) is 36.0 Å². The monoisotopic (exact) mass is 278 g/mol. The molecule has 1 fully saturated rings. The summed E-state index contributed by atoms with van der Waals surface area (Å²) in [7, 11) is 0. The minimum atomic E-state index is 0.111. The second kappa shape index (κ2) is 5.19. The summed E-state index contributed by atoms with van der Waals surface area (Å²) in [5.41, 5.74) is 0.773. The smallest absolute Gasteiger partial charge is 0.158 e. The van der Waals surface area contributed by atoms with Gasteiger partial charge in [-0.05, 0) is 25.0 Å². The van der Waals surface area contributed by atoms with Gasteiger partial charge in [-0.1, -0.05) is 11.6 Å². The van der Waals surface area contributed by atoms with Crippen LogP contribution in [0.15, 0.2) is 30.9 Å². The first-order chi connectivity index (χ1) is 9.31. The number of nitrogens with zero attached hydrogens (tertiary/aromatic N) is 4. The summed E-state index contributed by atoms with van der Waals surface area (Å²) in [4.78, 5) is 10.6. The fourth-order valence-corrected chi connectivity index (χ4v) is 2.79. The summed E-state index contributed by atoms with van der Waals surface area (Å²) < 4.78 is 1.91. The van der Waals surface area contributed by atoms with Crippen LogP contribution in [0.25, 0.3) is 5.69 Å². The molecule has 2 aromatic rings. The maximum absolute atomic E-state index is 9.46. The molecule has 1 aliphatic rings. The molecule has 3 rings (SSSR count). The van der Waals surface area contributed by atoms with Gasteiger partial charge in [-0.15, -0.1) is 0 Å². The zero-order chi connectivity index (χ0) is 13.2. The minimum absolute atomic E-state index is 0.111. The summed E-state index contributed by atoms with van der Waals surface area (Å²) in [6.07, 6.45) is 7.33. The van der Waals surface area contributed by atoms with Crippen molar-refractivity contribution in [3.63, 3.8) is 0 Å². The number of anilines is 1. The molecule has 0 aliphatic carbocycles. The lowest BCUT2D eigenvalue weighted by atomic mass is 10.2. The summed E-state index contributed by atoms with van der Waals surface area (Å²) >= 11 is 6.23. The van der Waals surface area contributed by atoms with Crippen molar-refractivity contribution in [2.45, 2.75) is 18.9 Å². The molecule has 1 N–H and O–H groups in total. The van der Waals surface area contributed by atoms with Crippen molar-refractivity contribution >= 4 is 17.4 Å². The second-order valence-electron chi connectivity index (χ2n) is 4.60. The average Bonchev–Trinajstić information content (AvgIpc) is 3.09. The van der Waals surface area contributed by atoms with Crippen LogP contribution in [0.2, 0.25) is 5.15 Å². The Balaban J connectivity index is 2.09. The van der Waals surface area contributed by atoms with Crippen molar-refractivity contribution in [1.82, 2.24) is 14.5 Å². The Morgan fingerprint density at radius 3 is 2.84 bits per heavy atom. The van der Waals surface area contributed by atoms with E-state index in [0.29, 0.717) is 5.15 Å². The SMILES string of the molecule is OC[C@@H]1CCCN1c1ncnc(Cl)c1-n1cccc1. The lowest BCUT2D eigenvalue weighted by Gasteiger charge is -2.26. The third kappa shape index (κ3) is 2.19. The molecule has 0 bridgehead atoms. The Hall–Kier alpha value is -1.59. The first-order valence-electron chi connectivity index (χ1n) is 6.32. The molecule has 1 atom stereocenters. The summed E-state index contributed by atoms with van der Waals surface area (Å²) in [6, 6.07) is 3.97. The van der Waals surface area contributed by atoms with E-state index in [0.717, 1.165) is 30.9 Å². The van der Waals surface area contributed by atoms with Crippen molar-refractivity contribution in [2.75, 3.05) is 18.1 Å². The zero-order valence-electron chi connectivity index (χ0n) is 10.4. The fourth-order valence-electron chi connectivity index (χ4n) is 2.57. The molecule has 3 heterocycles. The largest absolute Gasteiger partial charge is 0.394 e. The maximum atomic E-state index is 9.46. The molecule has 6 heteroatoms. The van der Waals surface area contributed by atoms with Gasteiger partial charge in [0.25, 0.3) is 0 Å². The van der Waals surface area contributed by atoms with Crippen LogP contribution in [0.1, 0.15) is 12.8 Å². The average molecular weight is 279 g/mol. The molecule has 0 aromatic carbocycles. The predicted molar refractivity (Wildman–Crippen MR) is 73.8 cm³/mol. The Labute approximate surface area is 116 Å². The van der Waals surface area contributed by atoms with Crippen molar-refractivity contribution in [2.24, 2.45) is 0 Å². The van der Waals surface area contributed by atoms with E-state index in [1.54, 1.807) is 0 Å². The Bertz CT molecular complexity index is 558. The number of aliphatic hydroxyl groups excluding tert-OH is 1. The van der Waals surface area contributed by atoms with Gasteiger partial charge in [-0.25, -0.2) is 9.97 Å². The van der Waals surface area contributed by atoms with Crippen LogP contribution in [0, 0.1) is 0 Å². The van der Waals surface area contributed by atoms with E-state index in [1.165, 1.54) is 6.33 Å². The molecular formula is C13H15ClN4O. The molecule has 0 saturated carbocycles. The number of hydrogen-bond donors (Lipinski definition) is 1. The normalized spacial score (nSPS) is 19.1. The van der Waals surface area contributed by atoms with E-state index in [2.05, 4.69) is 14.9 Å². The van der Waals surface area contributed by atoms with Crippen molar-refractivity contribution in [1.29, 1.82) is 0 Å². The molecule has 0 amide bonds. The highest BCUT2D eigenvalue weighted by Crippen LogP contribution is 2.32. The summed E-state index contributed by atoms with van der Waals surface area (Å²) in [5.74, 6) is 0.785. The van der Waals surface area contributed by atoms with Crippen LogP contribution in [0.5, 0.6) is 0 Å². The van der Waals surface area contributed by atoms with E-state index in [1.807, 2.05) is 29.1 Å². The van der Waals surface area contributed by atoms with Gasteiger partial charge in [0.1, 0.15) is 12.0 Å². The van der Waals surface area contributed by atoms with Gasteiger partial charge in [-0.2, -0.15) is 0 Å². The molecule has 5 nitrogen and oxygen atoms in total. The van der Waals surface area contributed by atoms with Gasteiger partial charge in [0.05, 0.1) is 12.6 Å². The first-order valence-corrected chi connectivity index (χ1v) is 6.70. The number of aromatic nitrogens is 3. The van der Waals surface area contributed by atoms with Crippen molar-refractivity contribution in [3.8, 4) is 5.69 Å². The van der Waals surface area contributed by atoms with Crippen LogP contribution in [0.3, 0.4) is 0 Å². The van der Waals surface area contributed by atoms with Gasteiger partial charge in [0.2, 0.25) is 0 Å². The van der Waals surface area contributed by atoms with E-state index >= 15 is 0 Å². The van der Waals surface area contributed by atoms with Gasteiger partial charge in [-0.3, -0.25) is 0 Å².